The van der Waals surface area contributed by atoms with E-state index in [2.05, 4.69) is 20.4 Å². The van der Waals surface area contributed by atoms with Crippen molar-refractivity contribution in [2.24, 2.45) is 7.05 Å². The first-order valence-corrected chi connectivity index (χ1v) is 5.64. The first-order chi connectivity index (χ1) is 9.15. The van der Waals surface area contributed by atoms with Gasteiger partial charge in [-0.15, -0.1) is 0 Å². The fraction of sp³-hybridized carbons (Fsp3) is 0.273. The molecule has 100 valence electrons. The van der Waals surface area contributed by atoms with Crippen LogP contribution in [0.1, 0.15) is 10.5 Å². The lowest BCUT2D eigenvalue weighted by atomic mass is 10.2. The van der Waals surface area contributed by atoms with Crippen LogP contribution in [0.5, 0.6) is 0 Å². The van der Waals surface area contributed by atoms with Crippen LogP contribution >= 0.6 is 0 Å². The number of aromatic nitrogens is 4. The predicted octanol–water partition coefficient (Wildman–Crippen LogP) is -0.819. The molecule has 0 atom stereocenters. The van der Waals surface area contributed by atoms with E-state index in [0.717, 1.165) is 0 Å². The molecule has 8 heteroatoms. The molecule has 4 N–H and O–H groups in total. The van der Waals surface area contributed by atoms with Crippen LogP contribution in [0.3, 0.4) is 0 Å². The number of aliphatic hydroxyl groups is 1. The molecule has 2 rings (SSSR count). The smallest absolute Gasteiger partial charge is 0.270 e. The van der Waals surface area contributed by atoms with Crippen LogP contribution in [0.15, 0.2) is 18.5 Å². The second-order valence-corrected chi connectivity index (χ2v) is 3.78. The highest BCUT2D eigenvalue weighted by Gasteiger charge is 2.23. The number of anilines is 1. The Morgan fingerprint density at radius 3 is 2.79 bits per heavy atom. The molecule has 2 heterocycles. The number of amides is 1. The number of nitrogens with one attached hydrogen (secondary N) is 1. The molecule has 19 heavy (non-hydrogen) atoms. The van der Waals surface area contributed by atoms with E-state index in [9.17, 15) is 4.79 Å². The highest BCUT2D eigenvalue weighted by atomic mass is 16.3. The Hall–Kier alpha value is -2.48. The summed E-state index contributed by atoms with van der Waals surface area (Å²) in [6.07, 6.45) is 3.12. The van der Waals surface area contributed by atoms with Gasteiger partial charge in [-0.05, 0) is 6.07 Å². The molecule has 0 radical (unpaired) electrons. The number of carbonyl (C=O) groups is 1. The number of rotatable bonds is 4. The van der Waals surface area contributed by atoms with E-state index in [1.165, 1.54) is 4.68 Å². The minimum Gasteiger partial charge on any atom is -0.395 e. The maximum absolute atomic E-state index is 12.0. The summed E-state index contributed by atoms with van der Waals surface area (Å²) in [5.74, 6) is 0.133. The molecular formula is C11H14N6O2. The Balaban J connectivity index is 2.47. The number of nitrogens with two attached hydrogens (primary N) is 1. The van der Waals surface area contributed by atoms with Gasteiger partial charge in [0, 0.05) is 26.0 Å². The second-order valence-electron chi connectivity index (χ2n) is 3.78. The van der Waals surface area contributed by atoms with Crippen molar-refractivity contribution in [3.63, 3.8) is 0 Å². The quantitative estimate of drug-likeness (QED) is 0.662. The third-order valence-electron chi connectivity index (χ3n) is 2.48. The van der Waals surface area contributed by atoms with Crippen molar-refractivity contribution < 1.29 is 9.90 Å². The maximum atomic E-state index is 12.0. The van der Waals surface area contributed by atoms with Crippen molar-refractivity contribution in [3.8, 4) is 11.4 Å². The van der Waals surface area contributed by atoms with Crippen LogP contribution in [-0.2, 0) is 7.05 Å². The van der Waals surface area contributed by atoms with E-state index in [0.29, 0.717) is 11.4 Å². The summed E-state index contributed by atoms with van der Waals surface area (Å²) in [5, 5.41) is 15.3. The number of hydrogen-bond donors (Lipinski definition) is 3. The molecule has 1 amide bonds. The minimum absolute atomic E-state index is 0.143. The molecule has 2 aromatic rings. The SMILES string of the molecule is Cn1nc(N)c(-c2ncccn2)c1C(=O)NCCO. The molecule has 0 aliphatic carbocycles. The monoisotopic (exact) mass is 262 g/mol. The van der Waals surface area contributed by atoms with Crippen molar-refractivity contribution in [2.45, 2.75) is 0 Å². The van der Waals surface area contributed by atoms with Gasteiger partial charge in [0.15, 0.2) is 11.6 Å². The Kier molecular flexibility index (Phi) is 3.71. The van der Waals surface area contributed by atoms with Crippen LogP contribution in [0.25, 0.3) is 11.4 Å². The molecule has 0 aliphatic heterocycles. The van der Waals surface area contributed by atoms with Crippen LogP contribution in [-0.4, -0.2) is 43.9 Å². The lowest BCUT2D eigenvalue weighted by Crippen LogP contribution is -2.28. The highest BCUT2D eigenvalue weighted by Crippen LogP contribution is 2.25. The molecule has 0 unspecified atom stereocenters. The average molecular weight is 262 g/mol. The van der Waals surface area contributed by atoms with E-state index in [1.54, 1.807) is 25.5 Å². The number of aryl methyl sites for hydroxylation is 1. The van der Waals surface area contributed by atoms with Crippen LogP contribution in [0, 0.1) is 0 Å². The Morgan fingerprint density at radius 2 is 2.16 bits per heavy atom. The minimum atomic E-state index is -0.386. The van der Waals surface area contributed by atoms with Gasteiger partial charge < -0.3 is 16.2 Å². The standard InChI is InChI=1S/C11H14N6O2/c1-17-8(11(19)15-5-6-18)7(9(12)16-17)10-13-3-2-4-14-10/h2-4,18H,5-6H2,1H3,(H2,12,16)(H,15,19). The molecule has 0 saturated carbocycles. The van der Waals surface area contributed by atoms with E-state index >= 15 is 0 Å². The summed E-state index contributed by atoms with van der Waals surface area (Å²) in [6.45, 7) is 0.00918. The number of nitrogen functional groups attached to an aromatic ring is 1. The van der Waals surface area contributed by atoms with E-state index in [4.69, 9.17) is 10.8 Å². The molecule has 0 spiro atoms. The van der Waals surface area contributed by atoms with Gasteiger partial charge in [-0.3, -0.25) is 9.48 Å². The third kappa shape index (κ3) is 2.52. The van der Waals surface area contributed by atoms with Crippen LogP contribution < -0.4 is 11.1 Å². The summed E-state index contributed by atoms with van der Waals surface area (Å²) < 4.78 is 1.37. The van der Waals surface area contributed by atoms with Gasteiger partial charge in [0.25, 0.3) is 5.91 Å². The molecule has 0 fully saturated rings. The third-order valence-corrected chi connectivity index (χ3v) is 2.48. The van der Waals surface area contributed by atoms with Gasteiger partial charge in [-0.2, -0.15) is 5.10 Å². The molecule has 0 saturated heterocycles. The molecule has 8 nitrogen and oxygen atoms in total. The fourth-order valence-electron chi connectivity index (χ4n) is 1.71. The van der Waals surface area contributed by atoms with Gasteiger partial charge in [-0.1, -0.05) is 0 Å². The fourth-order valence-corrected chi connectivity index (χ4v) is 1.71. The topological polar surface area (TPSA) is 119 Å². The van der Waals surface area contributed by atoms with Crippen LogP contribution in [0.2, 0.25) is 0 Å². The molecule has 0 aliphatic rings. The summed E-state index contributed by atoms with van der Waals surface area (Å²) in [4.78, 5) is 20.2. The summed E-state index contributed by atoms with van der Waals surface area (Å²) in [7, 11) is 1.61. The Labute approximate surface area is 109 Å². The zero-order valence-electron chi connectivity index (χ0n) is 10.4. The van der Waals surface area contributed by atoms with Crippen molar-refractivity contribution in [3.05, 3.63) is 24.2 Å². The molecular weight excluding hydrogens is 248 g/mol. The first-order valence-electron chi connectivity index (χ1n) is 5.64. The van der Waals surface area contributed by atoms with E-state index < -0.39 is 0 Å². The first kappa shape index (κ1) is 13.0. The van der Waals surface area contributed by atoms with Gasteiger partial charge >= 0.3 is 0 Å². The van der Waals surface area contributed by atoms with Gasteiger partial charge in [0.2, 0.25) is 0 Å². The zero-order valence-corrected chi connectivity index (χ0v) is 10.4. The van der Waals surface area contributed by atoms with Crippen molar-refractivity contribution in [2.75, 3.05) is 18.9 Å². The lowest BCUT2D eigenvalue weighted by molar-refractivity contribution is 0.0936. The number of carbonyl (C=O) groups excluding carboxylic acids is 1. The lowest BCUT2D eigenvalue weighted by Gasteiger charge is -2.05. The second kappa shape index (κ2) is 5.44. The summed E-state index contributed by atoms with van der Waals surface area (Å²) in [5.41, 5.74) is 6.45. The Bertz CT molecular complexity index is 580. The van der Waals surface area contributed by atoms with Crippen molar-refractivity contribution >= 4 is 11.7 Å². The van der Waals surface area contributed by atoms with Crippen LogP contribution in [0.4, 0.5) is 5.82 Å². The largest absolute Gasteiger partial charge is 0.395 e. The van der Waals surface area contributed by atoms with Gasteiger partial charge in [0.05, 0.1) is 12.2 Å². The Morgan fingerprint density at radius 1 is 1.47 bits per heavy atom. The average Bonchev–Trinajstić information content (AvgIpc) is 2.71. The molecule has 2 aromatic heterocycles. The molecule has 0 bridgehead atoms. The number of hydrogen-bond acceptors (Lipinski definition) is 6. The normalized spacial score (nSPS) is 10.4. The maximum Gasteiger partial charge on any atom is 0.270 e. The summed E-state index contributed by atoms with van der Waals surface area (Å²) in [6, 6.07) is 1.67. The summed E-state index contributed by atoms with van der Waals surface area (Å²) >= 11 is 0. The molecule has 0 aromatic carbocycles. The number of aliphatic hydroxyl groups excluding tert-OH is 1. The number of nitrogens with zero attached hydrogens (tertiary/aromatic N) is 4. The van der Waals surface area contributed by atoms with Gasteiger partial charge in [0.1, 0.15) is 5.69 Å². The van der Waals surface area contributed by atoms with Crippen molar-refractivity contribution in [1.29, 1.82) is 0 Å². The highest BCUT2D eigenvalue weighted by molar-refractivity contribution is 6.00. The zero-order chi connectivity index (χ0) is 13.8. The predicted molar refractivity (Wildman–Crippen MR) is 68.1 cm³/mol. The van der Waals surface area contributed by atoms with Crippen molar-refractivity contribution in [1.82, 2.24) is 25.1 Å². The van der Waals surface area contributed by atoms with E-state index in [1.807, 2.05) is 0 Å². The van der Waals surface area contributed by atoms with E-state index in [-0.39, 0.29) is 30.6 Å². The van der Waals surface area contributed by atoms with Gasteiger partial charge in [-0.25, -0.2) is 9.97 Å².